The highest BCUT2D eigenvalue weighted by molar-refractivity contribution is 7.89. The predicted molar refractivity (Wildman–Crippen MR) is 142 cm³/mol. The number of aliphatic hydroxyl groups excluding tert-OH is 1. The van der Waals surface area contributed by atoms with Crippen LogP contribution in [-0.4, -0.2) is 87.3 Å². The number of hydrogen-bond donors (Lipinski definition) is 1. The highest BCUT2D eigenvalue weighted by Crippen LogP contribution is 2.29. The molecule has 11 heteroatoms. The molecular weight excluding hydrogens is 514 g/mol. The largest absolute Gasteiger partial charge is 0.497 e. The molecule has 2 fully saturated rings. The fraction of sp³-hybridized carbons (Fsp3) is 0.538. The van der Waals surface area contributed by atoms with Crippen LogP contribution in [0.15, 0.2) is 59.5 Å². The molecule has 2 aromatic rings. The van der Waals surface area contributed by atoms with Gasteiger partial charge in [-0.3, -0.25) is 0 Å². The molecule has 0 amide bonds. The Morgan fingerprint density at radius 1 is 1.08 bits per heavy atom. The van der Waals surface area contributed by atoms with Gasteiger partial charge in [-0.1, -0.05) is 43.2 Å². The maximum absolute atomic E-state index is 13.6. The van der Waals surface area contributed by atoms with Crippen molar-refractivity contribution in [3.8, 4) is 5.75 Å². The molecule has 4 rings (SSSR count). The lowest BCUT2D eigenvalue weighted by atomic mass is 10.1. The lowest BCUT2D eigenvalue weighted by Crippen LogP contribution is -2.47. The molecule has 2 aromatic carbocycles. The van der Waals surface area contributed by atoms with Crippen molar-refractivity contribution in [2.45, 2.75) is 49.1 Å². The van der Waals surface area contributed by atoms with Gasteiger partial charge >= 0.3 is 0 Å². The molecule has 1 saturated heterocycles. The first-order valence-electron chi connectivity index (χ1n) is 12.7. The van der Waals surface area contributed by atoms with Crippen LogP contribution in [0.4, 0.5) is 0 Å². The van der Waals surface area contributed by atoms with Crippen molar-refractivity contribution < 1.29 is 26.7 Å². The van der Waals surface area contributed by atoms with Gasteiger partial charge in [0.25, 0.3) is 10.2 Å². The van der Waals surface area contributed by atoms with Crippen LogP contribution in [0.5, 0.6) is 5.75 Å². The fourth-order valence-corrected chi connectivity index (χ4v) is 8.44. The van der Waals surface area contributed by atoms with E-state index in [0.29, 0.717) is 25.3 Å². The van der Waals surface area contributed by atoms with Crippen molar-refractivity contribution in [2.75, 3.05) is 40.3 Å². The van der Waals surface area contributed by atoms with E-state index >= 15 is 0 Å². The third-order valence-corrected chi connectivity index (χ3v) is 11.1. The summed E-state index contributed by atoms with van der Waals surface area (Å²) in [5.74, 6) is 0.766. The van der Waals surface area contributed by atoms with Gasteiger partial charge in [-0.25, -0.2) is 8.42 Å². The third kappa shape index (κ3) is 6.52. The van der Waals surface area contributed by atoms with Crippen LogP contribution < -0.4 is 4.74 Å². The second-order valence-electron chi connectivity index (χ2n) is 10.0. The van der Waals surface area contributed by atoms with Gasteiger partial charge in [0.1, 0.15) is 5.75 Å². The van der Waals surface area contributed by atoms with Gasteiger partial charge in [-0.15, -0.1) is 0 Å². The Morgan fingerprint density at radius 3 is 2.35 bits per heavy atom. The van der Waals surface area contributed by atoms with E-state index in [4.69, 9.17) is 4.74 Å². The third-order valence-electron chi connectivity index (χ3n) is 7.32. The van der Waals surface area contributed by atoms with E-state index in [1.54, 1.807) is 12.1 Å². The molecule has 1 N–H and O–H groups in total. The van der Waals surface area contributed by atoms with Crippen LogP contribution in [0.1, 0.15) is 31.2 Å². The second-order valence-corrected chi connectivity index (χ2v) is 13.9. The first-order chi connectivity index (χ1) is 17.6. The highest BCUT2D eigenvalue weighted by Gasteiger charge is 2.43. The number of likely N-dealkylation sites (N-methyl/N-ethyl adjacent to an activating group) is 1. The summed E-state index contributed by atoms with van der Waals surface area (Å²) in [5, 5.41) is 11.1. The molecule has 1 heterocycles. The smallest absolute Gasteiger partial charge is 0.282 e. The van der Waals surface area contributed by atoms with Crippen LogP contribution in [0, 0.1) is 5.92 Å². The molecular formula is C26H37N3O6S2. The molecule has 0 radical (unpaired) electrons. The zero-order valence-electron chi connectivity index (χ0n) is 21.4. The molecule has 1 unspecified atom stereocenters. The summed E-state index contributed by atoms with van der Waals surface area (Å²) in [6.45, 7) is 0.244. The Kier molecular flexibility index (Phi) is 8.93. The van der Waals surface area contributed by atoms with Gasteiger partial charge in [0.15, 0.2) is 0 Å². The molecule has 0 aromatic heterocycles. The minimum atomic E-state index is -3.90. The van der Waals surface area contributed by atoms with Gasteiger partial charge in [0.05, 0.1) is 18.1 Å². The van der Waals surface area contributed by atoms with E-state index < -0.39 is 26.3 Å². The summed E-state index contributed by atoms with van der Waals surface area (Å²) in [7, 11) is -4.62. The Labute approximate surface area is 220 Å². The topological polar surface area (TPSA) is 107 Å². The normalized spacial score (nSPS) is 22.0. The molecule has 2 atom stereocenters. The minimum Gasteiger partial charge on any atom is -0.497 e. The molecule has 0 bridgehead atoms. The Morgan fingerprint density at radius 2 is 1.73 bits per heavy atom. The molecule has 204 valence electrons. The van der Waals surface area contributed by atoms with Crippen LogP contribution in [-0.2, 0) is 26.7 Å². The van der Waals surface area contributed by atoms with Crippen molar-refractivity contribution in [3.05, 3.63) is 60.2 Å². The molecule has 2 aliphatic rings. The highest BCUT2D eigenvalue weighted by atomic mass is 32.2. The molecule has 1 saturated carbocycles. The first kappa shape index (κ1) is 28.0. The summed E-state index contributed by atoms with van der Waals surface area (Å²) in [5.41, 5.74) is 1.00. The number of sulfonamides is 1. The van der Waals surface area contributed by atoms with Crippen molar-refractivity contribution in [1.82, 2.24) is 12.9 Å². The maximum Gasteiger partial charge on any atom is 0.282 e. The molecule has 0 spiro atoms. The number of nitrogens with zero attached hydrogens (tertiary/aromatic N) is 3. The standard InChI is InChI=1S/C26H37N3O6S2/c1-27-18-23(16-21-8-4-3-5-9-21)29(37(27,33)34)20-24(30)19-28(17-22-10-6-7-11-22)36(31,32)26-14-12-25(35-2)13-15-26/h3-5,8-9,12-15,22-24,30H,6-7,10-11,16-20H2,1-2H3/t23-,24?/m0/s1. The predicted octanol–water partition coefficient (Wildman–Crippen LogP) is 2.34. The average molecular weight is 552 g/mol. The zero-order valence-corrected chi connectivity index (χ0v) is 23.1. The average Bonchev–Trinajstić information content (AvgIpc) is 3.46. The lowest BCUT2D eigenvalue weighted by Gasteiger charge is -2.30. The van der Waals surface area contributed by atoms with E-state index in [1.807, 2.05) is 30.3 Å². The monoisotopic (exact) mass is 551 g/mol. The number of aliphatic hydroxyl groups is 1. The maximum atomic E-state index is 13.6. The summed E-state index contributed by atoms with van der Waals surface area (Å²) in [6, 6.07) is 15.5. The van der Waals surface area contributed by atoms with Gasteiger partial charge in [-0.2, -0.15) is 21.3 Å². The van der Waals surface area contributed by atoms with Crippen LogP contribution in [0.3, 0.4) is 0 Å². The van der Waals surface area contributed by atoms with Gasteiger partial charge < -0.3 is 9.84 Å². The summed E-state index contributed by atoms with van der Waals surface area (Å²) in [6.07, 6.45) is 3.32. The molecule has 37 heavy (non-hydrogen) atoms. The molecule has 1 aliphatic carbocycles. The lowest BCUT2D eigenvalue weighted by molar-refractivity contribution is 0.111. The Balaban J connectivity index is 1.53. The van der Waals surface area contributed by atoms with Crippen molar-refractivity contribution in [3.63, 3.8) is 0 Å². The quantitative estimate of drug-likeness (QED) is 0.460. The van der Waals surface area contributed by atoms with E-state index in [9.17, 15) is 21.9 Å². The minimum absolute atomic E-state index is 0.119. The SMILES string of the molecule is COc1ccc(S(=O)(=O)N(CC(O)CN2[C@@H](Cc3ccccc3)CN(C)S2(=O)=O)CC2CCCC2)cc1. The number of rotatable bonds is 11. The van der Waals surface area contributed by atoms with Gasteiger partial charge in [-0.05, 0) is 55.0 Å². The van der Waals surface area contributed by atoms with Gasteiger partial charge in [0, 0.05) is 39.3 Å². The van der Waals surface area contributed by atoms with Crippen LogP contribution in [0.2, 0.25) is 0 Å². The molecule has 1 aliphatic heterocycles. The first-order valence-corrected chi connectivity index (χ1v) is 15.5. The Hall–Kier alpha value is -2.02. The van der Waals surface area contributed by atoms with E-state index in [0.717, 1.165) is 31.2 Å². The van der Waals surface area contributed by atoms with Crippen molar-refractivity contribution in [2.24, 2.45) is 5.92 Å². The number of ether oxygens (including phenoxy) is 1. The zero-order chi connectivity index (χ0) is 26.6. The number of methoxy groups -OCH3 is 1. The molecule has 9 nitrogen and oxygen atoms in total. The summed E-state index contributed by atoms with van der Waals surface area (Å²) < 4.78 is 62.5. The fourth-order valence-electron chi connectivity index (χ4n) is 5.29. The van der Waals surface area contributed by atoms with Gasteiger partial charge in [0.2, 0.25) is 10.0 Å². The van der Waals surface area contributed by atoms with Crippen molar-refractivity contribution >= 4 is 20.2 Å². The number of β-amino-alcohol motifs (C(OH)–C–C–N with tert-alkyl or cyclic N) is 1. The number of benzene rings is 2. The van der Waals surface area contributed by atoms with E-state index in [1.165, 1.54) is 39.2 Å². The van der Waals surface area contributed by atoms with E-state index in [2.05, 4.69) is 0 Å². The van der Waals surface area contributed by atoms with Crippen LogP contribution >= 0.6 is 0 Å². The summed E-state index contributed by atoms with van der Waals surface area (Å²) >= 11 is 0. The summed E-state index contributed by atoms with van der Waals surface area (Å²) in [4.78, 5) is 0.119. The van der Waals surface area contributed by atoms with E-state index in [-0.39, 0.29) is 29.9 Å². The Bertz CT molecular complexity index is 1230. The second kappa shape index (κ2) is 11.8. The van der Waals surface area contributed by atoms with Crippen LogP contribution in [0.25, 0.3) is 0 Å². The number of hydrogen-bond acceptors (Lipinski definition) is 6. The van der Waals surface area contributed by atoms with Crippen molar-refractivity contribution in [1.29, 1.82) is 0 Å².